The lowest BCUT2D eigenvalue weighted by molar-refractivity contribution is 0.114. The van der Waals surface area contributed by atoms with Crippen LogP contribution in [-0.4, -0.2) is 25.6 Å². The summed E-state index contributed by atoms with van der Waals surface area (Å²) in [5.41, 5.74) is 0. The first-order valence-electron chi connectivity index (χ1n) is 9.38. The molecular formula is C24H30O2Si. The van der Waals surface area contributed by atoms with E-state index in [0.29, 0.717) is 12.8 Å². The highest BCUT2D eigenvalue weighted by Crippen LogP contribution is 2.38. The first kappa shape index (κ1) is 21.2. The molecule has 0 fully saturated rings. The molecule has 0 spiro atoms. The Balaban J connectivity index is 2.58. The first-order valence-corrected chi connectivity index (χ1v) is 11.3. The van der Waals surface area contributed by atoms with Gasteiger partial charge in [-0.1, -0.05) is 87.5 Å². The van der Waals surface area contributed by atoms with Gasteiger partial charge in [-0.3, -0.25) is 0 Å². The largest absolute Gasteiger partial charge is 0.401 e. The maximum atomic E-state index is 10.2. The number of aliphatic hydroxyl groups is 1. The van der Waals surface area contributed by atoms with Crippen LogP contribution >= 0.6 is 0 Å². The van der Waals surface area contributed by atoms with Crippen molar-refractivity contribution < 1.29 is 9.53 Å². The van der Waals surface area contributed by atoms with Crippen LogP contribution in [0.1, 0.15) is 33.6 Å². The average molecular weight is 379 g/mol. The Morgan fingerprint density at radius 3 is 1.93 bits per heavy atom. The van der Waals surface area contributed by atoms with Crippen molar-refractivity contribution in [1.29, 1.82) is 0 Å². The number of aliphatic hydroxyl groups excluding tert-OH is 1. The van der Waals surface area contributed by atoms with Crippen LogP contribution in [0.15, 0.2) is 73.3 Å². The number of terminal acetylenes is 1. The van der Waals surface area contributed by atoms with Gasteiger partial charge >= 0.3 is 0 Å². The Hall–Kier alpha value is -2.12. The average Bonchev–Trinajstić information content (AvgIpc) is 2.65. The molecule has 0 radical (unpaired) electrons. The fourth-order valence-corrected chi connectivity index (χ4v) is 8.26. The fourth-order valence-electron chi connectivity index (χ4n) is 3.60. The molecule has 3 heteroatoms. The molecule has 0 bridgehead atoms. The lowest BCUT2D eigenvalue weighted by Crippen LogP contribution is -2.67. The molecule has 0 saturated carbocycles. The molecule has 2 aromatic rings. The van der Waals surface area contributed by atoms with Gasteiger partial charge in [0.2, 0.25) is 0 Å². The van der Waals surface area contributed by atoms with Gasteiger partial charge in [0.05, 0.1) is 12.2 Å². The van der Waals surface area contributed by atoms with E-state index in [0.717, 1.165) is 0 Å². The zero-order chi connectivity index (χ0) is 19.9. The zero-order valence-corrected chi connectivity index (χ0v) is 17.6. The van der Waals surface area contributed by atoms with E-state index in [-0.39, 0.29) is 11.1 Å². The minimum Gasteiger partial charge on any atom is -0.401 e. The maximum absolute atomic E-state index is 10.2. The Bertz CT molecular complexity index is 717. The van der Waals surface area contributed by atoms with Crippen LogP contribution in [-0.2, 0) is 4.43 Å². The molecule has 0 heterocycles. The maximum Gasteiger partial charge on any atom is 0.261 e. The van der Waals surface area contributed by atoms with Crippen molar-refractivity contribution in [3.8, 4) is 12.3 Å². The molecule has 2 rings (SSSR count). The summed E-state index contributed by atoms with van der Waals surface area (Å²) in [4.78, 5) is 0. The number of hydrogen-bond acceptors (Lipinski definition) is 2. The van der Waals surface area contributed by atoms with Crippen molar-refractivity contribution in [2.24, 2.45) is 0 Å². The van der Waals surface area contributed by atoms with Crippen LogP contribution in [0.4, 0.5) is 0 Å². The number of benzene rings is 2. The Morgan fingerprint density at radius 2 is 1.56 bits per heavy atom. The van der Waals surface area contributed by atoms with Gasteiger partial charge in [-0.15, -0.1) is 18.9 Å². The van der Waals surface area contributed by atoms with E-state index in [1.54, 1.807) is 6.08 Å². The van der Waals surface area contributed by atoms with Crippen molar-refractivity contribution in [1.82, 2.24) is 0 Å². The van der Waals surface area contributed by atoms with E-state index >= 15 is 0 Å². The summed E-state index contributed by atoms with van der Waals surface area (Å²) < 4.78 is 6.93. The summed E-state index contributed by atoms with van der Waals surface area (Å²) in [5, 5.41) is 12.5. The van der Waals surface area contributed by atoms with Crippen LogP contribution in [0.3, 0.4) is 0 Å². The topological polar surface area (TPSA) is 29.5 Å². The van der Waals surface area contributed by atoms with E-state index in [9.17, 15) is 5.11 Å². The predicted molar refractivity (Wildman–Crippen MR) is 117 cm³/mol. The van der Waals surface area contributed by atoms with Gasteiger partial charge in [-0.05, 0) is 15.4 Å². The van der Waals surface area contributed by atoms with E-state index in [1.165, 1.54) is 10.4 Å². The van der Waals surface area contributed by atoms with Gasteiger partial charge in [0.25, 0.3) is 8.32 Å². The van der Waals surface area contributed by atoms with E-state index in [1.807, 2.05) is 12.1 Å². The highest BCUT2D eigenvalue weighted by molar-refractivity contribution is 6.99. The molecule has 0 aliphatic rings. The monoisotopic (exact) mass is 378 g/mol. The number of hydrogen-bond donors (Lipinski definition) is 1. The SMILES string of the molecule is C#CCC(O)CC(C=C)O[Si](c1ccccc1)(c1ccccc1)C(C)(C)C. The van der Waals surface area contributed by atoms with Crippen molar-refractivity contribution in [2.45, 2.75) is 50.9 Å². The Morgan fingerprint density at radius 1 is 1.07 bits per heavy atom. The van der Waals surface area contributed by atoms with Crippen molar-refractivity contribution >= 4 is 18.7 Å². The quantitative estimate of drug-likeness (QED) is 0.429. The minimum absolute atomic E-state index is 0.117. The summed E-state index contributed by atoms with van der Waals surface area (Å²) in [6, 6.07) is 20.9. The number of rotatable bonds is 8. The standard InChI is InChI=1S/C24H30O2Si/c1-6-14-20(25)19-21(7-2)26-27(24(3,4)5,22-15-10-8-11-16-22)23-17-12-9-13-18-23/h1,7-13,15-18,20-21,25H,2,14,19H2,3-5H3. The summed E-state index contributed by atoms with van der Waals surface area (Å²) in [5.74, 6) is 2.52. The zero-order valence-electron chi connectivity index (χ0n) is 16.6. The van der Waals surface area contributed by atoms with Crippen LogP contribution in [0.25, 0.3) is 0 Å². The van der Waals surface area contributed by atoms with Gasteiger partial charge < -0.3 is 9.53 Å². The normalized spacial score (nSPS) is 14.2. The summed E-state index contributed by atoms with van der Waals surface area (Å²) in [6.45, 7) is 10.7. The first-order chi connectivity index (χ1) is 12.8. The second-order valence-corrected chi connectivity index (χ2v) is 12.1. The molecule has 2 unspecified atom stereocenters. The smallest absolute Gasteiger partial charge is 0.261 e. The van der Waals surface area contributed by atoms with Crippen LogP contribution in [0.5, 0.6) is 0 Å². The molecule has 0 amide bonds. The van der Waals surface area contributed by atoms with Gasteiger partial charge in [0.15, 0.2) is 0 Å². The Labute approximate surface area is 165 Å². The van der Waals surface area contributed by atoms with Gasteiger partial charge in [-0.25, -0.2) is 0 Å². The molecule has 0 aromatic heterocycles. The molecule has 0 aliphatic carbocycles. The molecule has 0 saturated heterocycles. The van der Waals surface area contributed by atoms with Crippen LogP contribution in [0, 0.1) is 12.3 Å². The van der Waals surface area contributed by atoms with E-state index in [4.69, 9.17) is 10.8 Å². The minimum atomic E-state index is -2.66. The third-order valence-corrected chi connectivity index (χ3v) is 9.93. The Kier molecular flexibility index (Phi) is 7.21. The lowest BCUT2D eigenvalue weighted by Gasteiger charge is -2.45. The highest BCUT2D eigenvalue weighted by Gasteiger charge is 2.51. The van der Waals surface area contributed by atoms with Crippen molar-refractivity contribution in [3.63, 3.8) is 0 Å². The lowest BCUT2D eigenvalue weighted by atomic mass is 10.1. The molecule has 2 aromatic carbocycles. The fraction of sp³-hybridized carbons (Fsp3) is 0.333. The van der Waals surface area contributed by atoms with E-state index in [2.05, 4.69) is 81.8 Å². The molecule has 0 aliphatic heterocycles. The second kappa shape index (κ2) is 9.19. The van der Waals surface area contributed by atoms with Gasteiger partial charge in [-0.2, -0.15) is 0 Å². The van der Waals surface area contributed by atoms with Crippen molar-refractivity contribution in [3.05, 3.63) is 73.3 Å². The molecular weight excluding hydrogens is 348 g/mol. The van der Waals surface area contributed by atoms with Crippen molar-refractivity contribution in [2.75, 3.05) is 0 Å². The molecule has 2 atom stereocenters. The summed E-state index contributed by atoms with van der Waals surface area (Å²) >= 11 is 0. The summed E-state index contributed by atoms with van der Waals surface area (Å²) in [6.07, 6.45) is 7.03. The van der Waals surface area contributed by atoms with Gasteiger partial charge in [0.1, 0.15) is 0 Å². The third-order valence-electron chi connectivity index (χ3n) is 4.87. The van der Waals surface area contributed by atoms with Crippen LogP contribution in [0.2, 0.25) is 5.04 Å². The predicted octanol–water partition coefficient (Wildman–Crippen LogP) is 3.89. The molecule has 1 N–H and O–H groups in total. The second-order valence-electron chi connectivity index (χ2n) is 7.85. The third kappa shape index (κ3) is 4.78. The van der Waals surface area contributed by atoms with Crippen LogP contribution < -0.4 is 10.4 Å². The van der Waals surface area contributed by atoms with Gasteiger partial charge in [0, 0.05) is 12.8 Å². The summed E-state index contributed by atoms with van der Waals surface area (Å²) in [7, 11) is -2.66. The molecule has 27 heavy (non-hydrogen) atoms. The molecule has 2 nitrogen and oxygen atoms in total. The molecule has 142 valence electrons. The highest BCUT2D eigenvalue weighted by atomic mass is 28.4. The van der Waals surface area contributed by atoms with E-state index < -0.39 is 14.4 Å².